The van der Waals surface area contributed by atoms with Crippen molar-refractivity contribution in [3.63, 3.8) is 0 Å². The second-order valence-corrected chi connectivity index (χ2v) is 10.9. The molecule has 17 heteroatoms. The Hall–Kier alpha value is -3.18. The third-order valence-corrected chi connectivity index (χ3v) is 8.94. The van der Waals surface area contributed by atoms with Crippen molar-refractivity contribution in [2.24, 2.45) is 10.6 Å². The zero-order valence-electron chi connectivity index (χ0n) is 18.9. The number of aromatic amines is 1. The summed E-state index contributed by atoms with van der Waals surface area (Å²) >= 11 is 3.68. The van der Waals surface area contributed by atoms with E-state index in [0.29, 0.717) is 17.9 Å². The Kier molecular flexibility index (Phi) is 8.10. The van der Waals surface area contributed by atoms with Crippen LogP contribution in [-0.4, -0.2) is 96.4 Å². The van der Waals surface area contributed by atoms with Gasteiger partial charge in [0.05, 0.1) is 6.20 Å². The summed E-state index contributed by atoms with van der Waals surface area (Å²) in [5.41, 5.74) is -1.10. The van der Waals surface area contributed by atoms with Gasteiger partial charge in [-0.1, -0.05) is 17.3 Å². The van der Waals surface area contributed by atoms with E-state index in [1.165, 1.54) is 40.0 Å². The second-order valence-electron chi connectivity index (χ2n) is 7.89. The fourth-order valence-electron chi connectivity index (χ4n) is 3.49. The van der Waals surface area contributed by atoms with Crippen molar-refractivity contribution in [1.82, 2.24) is 30.6 Å². The van der Waals surface area contributed by atoms with Gasteiger partial charge in [-0.15, -0.1) is 40.0 Å². The number of H-pyrrole nitrogens is 1. The maximum Gasteiger partial charge on any atom is 0.313 e. The Bertz CT molecular complexity index is 1160. The highest BCUT2D eigenvalue weighted by Gasteiger charge is 2.57. The molecular weight excluding hydrogens is 532 g/mol. The molecule has 3 amide bonds. The molecule has 0 bridgehead atoms. The van der Waals surface area contributed by atoms with E-state index in [4.69, 9.17) is 4.84 Å². The molecule has 192 valence electrons. The van der Waals surface area contributed by atoms with Crippen LogP contribution in [0.1, 0.15) is 19.0 Å². The van der Waals surface area contributed by atoms with Gasteiger partial charge in [0.1, 0.15) is 34.2 Å². The van der Waals surface area contributed by atoms with E-state index in [1.807, 2.05) is 6.92 Å². The first-order chi connectivity index (χ1) is 17.4. The lowest BCUT2D eigenvalue weighted by atomic mass is 9.89. The molecule has 4 N–H and O–H groups in total. The number of nitrogens with zero attached hydrogens (tertiary/aromatic N) is 5. The molecule has 0 saturated carbocycles. The minimum Gasteiger partial charge on any atom is -0.481 e. The van der Waals surface area contributed by atoms with Gasteiger partial charge in [0.15, 0.2) is 10.8 Å². The van der Waals surface area contributed by atoms with Gasteiger partial charge in [0, 0.05) is 23.4 Å². The second kappa shape index (κ2) is 11.3. The van der Waals surface area contributed by atoms with E-state index in [2.05, 4.69) is 36.2 Å². The molecule has 2 aliphatic heterocycles. The van der Waals surface area contributed by atoms with Crippen molar-refractivity contribution >= 4 is 69.9 Å². The maximum atomic E-state index is 13.1. The summed E-state index contributed by atoms with van der Waals surface area (Å²) in [5.74, 6) is -1.57. The summed E-state index contributed by atoms with van der Waals surface area (Å²) in [7, 11) is 0. The average Bonchev–Trinajstić information content (AvgIpc) is 3.56. The number of nitrogens with one attached hydrogen (secondary N) is 3. The summed E-state index contributed by atoms with van der Waals surface area (Å²) in [6.45, 7) is 2.18. The molecule has 2 aliphatic rings. The molecule has 0 aromatic carbocycles. The zero-order valence-corrected chi connectivity index (χ0v) is 21.3. The largest absolute Gasteiger partial charge is 0.481 e. The minimum atomic E-state index is -1.16. The summed E-state index contributed by atoms with van der Waals surface area (Å²) in [4.78, 5) is 59.6. The number of carboxylic acid groups (broad SMARTS) is 1. The highest BCUT2D eigenvalue weighted by molar-refractivity contribution is 8.00. The van der Waals surface area contributed by atoms with Gasteiger partial charge in [-0.25, -0.2) is 4.98 Å². The fraction of sp³-hybridized carbons (Fsp3) is 0.474. The monoisotopic (exact) mass is 554 g/mol. The first kappa shape index (κ1) is 25.9. The van der Waals surface area contributed by atoms with Crippen LogP contribution in [0.25, 0.3) is 0 Å². The lowest BCUT2D eigenvalue weighted by Crippen LogP contribution is -2.74. The number of rotatable bonds is 12. The van der Waals surface area contributed by atoms with Crippen molar-refractivity contribution in [3.05, 3.63) is 17.3 Å². The number of β-lactam (4-membered cyclic amide) rings is 1. The van der Waals surface area contributed by atoms with Crippen molar-refractivity contribution in [2.75, 3.05) is 30.0 Å². The van der Waals surface area contributed by atoms with Gasteiger partial charge in [0.25, 0.3) is 5.91 Å². The number of hydrogen-bond acceptors (Lipinski definition) is 12. The van der Waals surface area contributed by atoms with E-state index < -0.39 is 28.7 Å². The van der Waals surface area contributed by atoms with Gasteiger partial charge in [0.2, 0.25) is 12.3 Å². The Morgan fingerprint density at radius 1 is 1.50 bits per heavy atom. The molecule has 2 aromatic rings. The molecule has 0 aliphatic carbocycles. The summed E-state index contributed by atoms with van der Waals surface area (Å²) < 4.78 is 0. The molecule has 0 spiro atoms. The van der Waals surface area contributed by atoms with Crippen LogP contribution in [0.2, 0.25) is 0 Å². The van der Waals surface area contributed by atoms with E-state index >= 15 is 0 Å². The summed E-state index contributed by atoms with van der Waals surface area (Å²) in [5, 5.41) is 31.0. The number of fused-ring (bicyclic) bond motifs is 1. The first-order valence-electron chi connectivity index (χ1n) is 10.7. The van der Waals surface area contributed by atoms with Crippen LogP contribution in [0.15, 0.2) is 21.8 Å². The van der Waals surface area contributed by atoms with Gasteiger partial charge in [-0.2, -0.15) is 0 Å². The summed E-state index contributed by atoms with van der Waals surface area (Å²) in [6, 6.07) is -0.846. The number of oxime groups is 1. The van der Waals surface area contributed by atoms with Gasteiger partial charge in [-0.3, -0.25) is 24.3 Å². The molecule has 2 aromatic heterocycles. The van der Waals surface area contributed by atoms with Crippen LogP contribution < -0.4 is 10.6 Å². The van der Waals surface area contributed by atoms with Crippen LogP contribution >= 0.6 is 34.9 Å². The Labute approximate surface area is 217 Å². The molecule has 2 saturated heterocycles. The van der Waals surface area contributed by atoms with Crippen molar-refractivity contribution in [3.8, 4) is 0 Å². The smallest absolute Gasteiger partial charge is 0.313 e. The van der Waals surface area contributed by atoms with E-state index in [0.717, 1.165) is 11.3 Å². The number of aromatic nitrogens is 4. The first-order valence-corrected chi connectivity index (χ1v) is 13.6. The van der Waals surface area contributed by atoms with Crippen LogP contribution in [0.3, 0.4) is 0 Å². The number of thioether (sulfide) groups is 2. The Balaban J connectivity index is 1.43. The fourth-order valence-corrected chi connectivity index (χ4v) is 6.80. The van der Waals surface area contributed by atoms with Gasteiger partial charge >= 0.3 is 5.97 Å². The molecule has 0 radical (unpaired) electrons. The molecule has 4 heterocycles. The summed E-state index contributed by atoms with van der Waals surface area (Å²) in [6.07, 6.45) is 2.64. The normalized spacial score (nSPS) is 23.4. The number of carbonyl (C=O) groups is 4. The van der Waals surface area contributed by atoms with Crippen molar-refractivity contribution in [2.45, 2.75) is 29.8 Å². The van der Waals surface area contributed by atoms with Crippen molar-refractivity contribution in [1.29, 1.82) is 0 Å². The number of carboxylic acids is 1. The van der Waals surface area contributed by atoms with E-state index in [-0.39, 0.29) is 47.1 Å². The zero-order chi connectivity index (χ0) is 25.7. The Morgan fingerprint density at radius 3 is 3.03 bits per heavy atom. The molecule has 3 atom stereocenters. The third kappa shape index (κ3) is 5.31. The SMILES string of the molecule is CCCON=C(C(=O)NC1C(=O)N2CC(CSc3cnn[nH]3)(C(=O)O)CS[C@H]12)c1csc(NC=O)n1. The highest BCUT2D eigenvalue weighted by Crippen LogP contribution is 2.44. The molecular formula is C19H22N8O6S3. The number of thiazole rings is 1. The minimum absolute atomic E-state index is 0.0210. The van der Waals surface area contributed by atoms with Crippen LogP contribution in [-0.2, 0) is 24.0 Å². The number of anilines is 1. The molecule has 14 nitrogen and oxygen atoms in total. The average molecular weight is 555 g/mol. The number of carbonyl (C=O) groups excluding carboxylic acids is 3. The number of amides is 3. The standard InChI is InChI=1S/C19H22N8O6S3/c1-2-3-33-25-12(10-5-34-18(22-10)20-9-28)14(29)23-13-15(30)27-6-19(17(31)32,8-36-16(13)27)7-35-11-4-21-26-24-11/h4-5,9,13,16H,2-3,6-8H2,1H3,(H,23,29)(H,31,32)(H,20,22,28)(H,21,24,26)/t13?,16-,19?/m1/s1. The Morgan fingerprint density at radius 2 is 2.33 bits per heavy atom. The molecule has 36 heavy (non-hydrogen) atoms. The molecule has 4 rings (SSSR count). The predicted molar refractivity (Wildman–Crippen MR) is 132 cm³/mol. The predicted octanol–water partition coefficient (Wildman–Crippen LogP) is 0.223. The maximum absolute atomic E-state index is 13.1. The van der Waals surface area contributed by atoms with Crippen LogP contribution in [0.5, 0.6) is 0 Å². The third-order valence-electron chi connectivity index (χ3n) is 5.38. The topological polar surface area (TPSA) is 192 Å². The van der Waals surface area contributed by atoms with Crippen molar-refractivity contribution < 1.29 is 29.1 Å². The number of aliphatic carboxylic acids is 1. The van der Waals surface area contributed by atoms with E-state index in [9.17, 15) is 24.3 Å². The van der Waals surface area contributed by atoms with Crippen LogP contribution in [0.4, 0.5) is 5.13 Å². The lowest BCUT2D eigenvalue weighted by Gasteiger charge is -2.53. The molecule has 2 unspecified atom stereocenters. The number of hydrogen-bond donors (Lipinski definition) is 4. The van der Waals surface area contributed by atoms with Crippen LogP contribution in [0, 0.1) is 5.41 Å². The van der Waals surface area contributed by atoms with Gasteiger partial charge < -0.3 is 25.5 Å². The quantitative estimate of drug-likeness (QED) is 0.0701. The van der Waals surface area contributed by atoms with E-state index in [1.54, 1.807) is 0 Å². The van der Waals surface area contributed by atoms with Gasteiger partial charge in [-0.05, 0) is 6.42 Å². The lowest BCUT2D eigenvalue weighted by molar-refractivity contribution is -0.157. The molecule has 2 fully saturated rings. The highest BCUT2D eigenvalue weighted by atomic mass is 32.2.